The Morgan fingerprint density at radius 2 is 1.79 bits per heavy atom. The Kier molecular flexibility index (Phi) is 7.78. The lowest BCUT2D eigenvalue weighted by molar-refractivity contribution is 0.0523. The predicted octanol–water partition coefficient (Wildman–Crippen LogP) is 3.56. The van der Waals surface area contributed by atoms with E-state index >= 15 is 0 Å². The van der Waals surface area contributed by atoms with Gasteiger partial charge in [-0.25, -0.2) is 10.3 Å². The molecule has 3 rings (SSSR count). The highest BCUT2D eigenvalue weighted by molar-refractivity contribution is 6.01. The van der Waals surface area contributed by atoms with Crippen molar-refractivity contribution in [3.8, 4) is 5.75 Å². The Hall–Kier alpha value is -3.59. The van der Waals surface area contributed by atoms with Crippen LogP contribution in [0.1, 0.15) is 71.4 Å². The molecule has 1 aliphatic rings. The van der Waals surface area contributed by atoms with Crippen molar-refractivity contribution in [1.29, 1.82) is 0 Å². The fraction of sp³-hybridized carbons (Fsp3) is 0.400. The first-order valence-electron chi connectivity index (χ1n) is 11.2. The van der Waals surface area contributed by atoms with Crippen molar-refractivity contribution >= 4 is 17.9 Å². The van der Waals surface area contributed by atoms with Crippen LogP contribution in [0.3, 0.4) is 0 Å². The molecular weight excluding hydrogens is 438 g/mol. The summed E-state index contributed by atoms with van der Waals surface area (Å²) >= 11 is 0. The molecule has 9 heteroatoms. The number of carbonyl (C=O) groups is 3. The minimum Gasteiger partial charge on any atom is -0.507 e. The fourth-order valence-electron chi connectivity index (χ4n) is 3.96. The molecule has 0 spiro atoms. The van der Waals surface area contributed by atoms with Gasteiger partial charge in [-0.05, 0) is 68.9 Å². The summed E-state index contributed by atoms with van der Waals surface area (Å²) in [5, 5.41) is 21.4. The lowest BCUT2D eigenvalue weighted by Gasteiger charge is -2.32. The van der Waals surface area contributed by atoms with Crippen molar-refractivity contribution in [1.82, 2.24) is 15.7 Å². The summed E-state index contributed by atoms with van der Waals surface area (Å²) in [4.78, 5) is 38.2. The van der Waals surface area contributed by atoms with E-state index in [0.717, 1.165) is 24.0 Å². The molecule has 1 saturated heterocycles. The number of hydrogen-bond donors (Lipinski definition) is 4. The molecule has 9 nitrogen and oxygen atoms in total. The molecule has 0 aromatic heterocycles. The first-order chi connectivity index (χ1) is 16.1. The molecule has 0 aliphatic carbocycles. The molecule has 0 bridgehead atoms. The number of benzene rings is 2. The summed E-state index contributed by atoms with van der Waals surface area (Å²) in [7, 11) is 0. The molecular formula is C25H31N3O6. The Balaban J connectivity index is 1.59. The first-order valence-corrected chi connectivity index (χ1v) is 11.2. The molecule has 0 atom stereocenters. The molecule has 3 amide bonds. The molecule has 2 aromatic rings. The van der Waals surface area contributed by atoms with E-state index in [1.54, 1.807) is 4.90 Å². The van der Waals surface area contributed by atoms with Gasteiger partial charge in [-0.2, -0.15) is 0 Å². The number of likely N-dealkylation sites (tertiary alicyclic amines) is 1. The zero-order valence-electron chi connectivity index (χ0n) is 19.6. The molecule has 4 N–H and O–H groups in total. The number of amides is 3. The first kappa shape index (κ1) is 25.0. The number of phenols is 1. The number of rotatable bonds is 5. The molecule has 1 heterocycles. The highest BCUT2D eigenvalue weighted by atomic mass is 16.6. The topological polar surface area (TPSA) is 128 Å². The number of ether oxygens (including phenoxy) is 1. The average molecular weight is 470 g/mol. The summed E-state index contributed by atoms with van der Waals surface area (Å²) in [6, 6.07) is 12.0. The smallest absolute Gasteiger partial charge is 0.407 e. The van der Waals surface area contributed by atoms with Crippen LogP contribution in [0.4, 0.5) is 4.79 Å². The van der Waals surface area contributed by atoms with Gasteiger partial charge in [-0.3, -0.25) is 14.8 Å². The lowest BCUT2D eigenvalue weighted by Crippen LogP contribution is -2.38. The van der Waals surface area contributed by atoms with E-state index in [4.69, 9.17) is 9.94 Å². The Bertz CT molecular complexity index is 1050. The fourth-order valence-corrected chi connectivity index (χ4v) is 3.96. The Morgan fingerprint density at radius 1 is 1.09 bits per heavy atom. The van der Waals surface area contributed by atoms with Gasteiger partial charge in [0, 0.05) is 25.2 Å². The van der Waals surface area contributed by atoms with E-state index in [1.165, 1.54) is 23.7 Å². The standard InChI is InChI=1S/C25H31N3O6/c1-25(2,3)34-24(32)26-15-16-5-4-6-18(13-16)17-9-11-28(12-10-17)23(31)19-7-8-21(29)20(14-19)22(30)27-33/h4-8,13-14,17,29,33H,9-12,15H2,1-3H3,(H,26,32)(H,27,30). The van der Waals surface area contributed by atoms with E-state index in [1.807, 2.05) is 32.9 Å². The van der Waals surface area contributed by atoms with E-state index in [9.17, 15) is 19.5 Å². The van der Waals surface area contributed by atoms with Gasteiger partial charge in [-0.15, -0.1) is 0 Å². The second-order valence-electron chi connectivity index (χ2n) is 9.34. The number of nitrogens with one attached hydrogen (secondary N) is 2. The Morgan fingerprint density at radius 3 is 2.44 bits per heavy atom. The number of hydroxylamine groups is 1. The summed E-state index contributed by atoms with van der Waals surface area (Å²) in [6.45, 7) is 6.91. The van der Waals surface area contributed by atoms with Crippen LogP contribution in [0.2, 0.25) is 0 Å². The molecule has 0 saturated carbocycles. The minimum atomic E-state index is -0.883. The summed E-state index contributed by atoms with van der Waals surface area (Å²) in [6.07, 6.45) is 1.09. The van der Waals surface area contributed by atoms with Gasteiger partial charge < -0.3 is 20.1 Å². The number of carbonyl (C=O) groups excluding carboxylic acids is 3. The van der Waals surface area contributed by atoms with Crippen LogP contribution >= 0.6 is 0 Å². The van der Waals surface area contributed by atoms with E-state index in [0.29, 0.717) is 19.6 Å². The summed E-state index contributed by atoms with van der Waals surface area (Å²) in [5.74, 6) is -1.16. The summed E-state index contributed by atoms with van der Waals surface area (Å²) in [5.41, 5.74) is 3.15. The maximum absolute atomic E-state index is 12.9. The van der Waals surface area contributed by atoms with Crippen molar-refractivity contribution in [3.63, 3.8) is 0 Å². The molecule has 0 unspecified atom stereocenters. The largest absolute Gasteiger partial charge is 0.507 e. The zero-order chi connectivity index (χ0) is 24.9. The SMILES string of the molecule is CC(C)(C)OC(=O)NCc1cccc(C2CCN(C(=O)c3ccc(O)c(C(=O)NO)c3)CC2)c1. The maximum atomic E-state index is 12.9. The molecule has 1 aliphatic heterocycles. The normalized spacial score (nSPS) is 14.4. The van der Waals surface area contributed by atoms with Crippen LogP contribution in [-0.4, -0.2) is 51.8 Å². The predicted molar refractivity (Wildman–Crippen MR) is 125 cm³/mol. The molecule has 2 aromatic carbocycles. The van der Waals surface area contributed by atoms with Gasteiger partial charge in [0.1, 0.15) is 11.4 Å². The van der Waals surface area contributed by atoms with Crippen molar-refractivity contribution in [2.24, 2.45) is 0 Å². The number of hydrogen-bond acceptors (Lipinski definition) is 6. The minimum absolute atomic E-state index is 0.167. The van der Waals surface area contributed by atoms with Crippen molar-refractivity contribution < 1.29 is 29.4 Å². The van der Waals surface area contributed by atoms with Gasteiger partial charge in [0.15, 0.2) is 0 Å². The van der Waals surface area contributed by atoms with Gasteiger partial charge in [0.25, 0.3) is 11.8 Å². The van der Waals surface area contributed by atoms with E-state index < -0.39 is 17.6 Å². The average Bonchev–Trinajstić information content (AvgIpc) is 2.81. The molecule has 182 valence electrons. The van der Waals surface area contributed by atoms with Crippen LogP contribution in [0, 0.1) is 0 Å². The molecule has 1 fully saturated rings. The lowest BCUT2D eigenvalue weighted by atomic mass is 9.88. The third-order valence-corrected chi connectivity index (χ3v) is 5.63. The number of nitrogens with zero attached hydrogens (tertiary/aromatic N) is 1. The third-order valence-electron chi connectivity index (χ3n) is 5.63. The van der Waals surface area contributed by atoms with Crippen molar-refractivity contribution in [3.05, 3.63) is 64.7 Å². The van der Waals surface area contributed by atoms with Crippen molar-refractivity contribution in [2.45, 2.75) is 51.7 Å². The van der Waals surface area contributed by atoms with Gasteiger partial charge >= 0.3 is 6.09 Å². The third kappa shape index (κ3) is 6.48. The van der Waals surface area contributed by atoms with Crippen LogP contribution < -0.4 is 10.8 Å². The highest BCUT2D eigenvalue weighted by Crippen LogP contribution is 2.30. The van der Waals surface area contributed by atoms with E-state index in [2.05, 4.69) is 17.4 Å². The van der Waals surface area contributed by atoms with Crippen molar-refractivity contribution in [2.75, 3.05) is 13.1 Å². The maximum Gasteiger partial charge on any atom is 0.407 e. The monoisotopic (exact) mass is 469 g/mol. The van der Waals surface area contributed by atoms with Crippen LogP contribution in [-0.2, 0) is 11.3 Å². The summed E-state index contributed by atoms with van der Waals surface area (Å²) < 4.78 is 5.27. The van der Waals surface area contributed by atoms with Gasteiger partial charge in [0.05, 0.1) is 5.56 Å². The van der Waals surface area contributed by atoms with Crippen LogP contribution in [0.5, 0.6) is 5.75 Å². The van der Waals surface area contributed by atoms with Crippen LogP contribution in [0.15, 0.2) is 42.5 Å². The number of phenolic OH excluding ortho intramolecular Hbond substituents is 1. The second-order valence-corrected chi connectivity index (χ2v) is 9.34. The van der Waals surface area contributed by atoms with Crippen LogP contribution in [0.25, 0.3) is 0 Å². The Labute approximate surface area is 198 Å². The molecule has 0 radical (unpaired) electrons. The number of aromatic hydroxyl groups is 1. The highest BCUT2D eigenvalue weighted by Gasteiger charge is 2.26. The second kappa shape index (κ2) is 10.6. The molecule has 34 heavy (non-hydrogen) atoms. The number of piperidine rings is 1. The zero-order valence-corrected chi connectivity index (χ0v) is 19.6. The van der Waals surface area contributed by atoms with Gasteiger partial charge in [-0.1, -0.05) is 24.3 Å². The quantitative estimate of drug-likeness (QED) is 0.392. The van der Waals surface area contributed by atoms with Gasteiger partial charge in [0.2, 0.25) is 0 Å². The van der Waals surface area contributed by atoms with E-state index in [-0.39, 0.29) is 28.7 Å². The number of alkyl carbamates (subject to hydrolysis) is 1.